The molecule has 8 nitrogen and oxygen atoms in total. The number of rotatable bonds is 5. The second-order valence-electron chi connectivity index (χ2n) is 21.1. The average molecular weight is 971 g/mol. The van der Waals surface area contributed by atoms with E-state index in [0.29, 0.717) is 34.5 Å². The highest BCUT2D eigenvalue weighted by Gasteiger charge is 2.45. The lowest BCUT2D eigenvalue weighted by atomic mass is 9.80. The Labute approximate surface area is 411 Å². The van der Waals surface area contributed by atoms with Crippen molar-refractivity contribution in [3.63, 3.8) is 0 Å². The number of hydrogen-bond donors (Lipinski definition) is 0. The SMILES string of the molecule is O=P1(Oc2ccc3c(c2-c2c(OP4(=O)Oc5ccc6c(c5-c5c(ccc7c5CCCC7)O4)CCCC6)ccc4c2CCCC4)CCCC3)Oc2ccc3c(c2-c2c(ccc4c2CCCC4)O1)CCCC3. The van der Waals surface area contributed by atoms with Crippen LogP contribution in [0.4, 0.5) is 0 Å². The molecular formula is C60H60O8P2. The van der Waals surface area contributed by atoms with Gasteiger partial charge in [0, 0.05) is 33.4 Å². The normalized spacial score (nSPS) is 19.7. The second-order valence-corrected chi connectivity index (χ2v) is 24.0. The zero-order valence-corrected chi connectivity index (χ0v) is 41.8. The van der Waals surface area contributed by atoms with Crippen LogP contribution in [0.15, 0.2) is 72.8 Å². The van der Waals surface area contributed by atoms with Crippen molar-refractivity contribution in [2.75, 3.05) is 0 Å². The molecule has 70 heavy (non-hydrogen) atoms. The van der Waals surface area contributed by atoms with Crippen LogP contribution in [0.3, 0.4) is 0 Å². The minimum Gasteiger partial charge on any atom is -0.385 e. The first-order valence-corrected chi connectivity index (χ1v) is 29.6. The molecule has 10 heteroatoms. The van der Waals surface area contributed by atoms with Crippen LogP contribution in [-0.2, 0) is 86.2 Å². The summed E-state index contributed by atoms with van der Waals surface area (Å²) in [6.07, 6.45) is 24.3. The van der Waals surface area contributed by atoms with Crippen LogP contribution in [0.1, 0.15) is 144 Å². The van der Waals surface area contributed by atoms with Crippen molar-refractivity contribution in [3.8, 4) is 67.9 Å². The minimum atomic E-state index is -4.43. The quantitative estimate of drug-likeness (QED) is 0.158. The topological polar surface area (TPSA) is 89.5 Å². The van der Waals surface area contributed by atoms with Gasteiger partial charge in [-0.15, -0.1) is 0 Å². The molecule has 2 heterocycles. The Balaban J connectivity index is 0.924. The fraction of sp³-hybridized carbons (Fsp3) is 0.400. The molecule has 6 aromatic rings. The van der Waals surface area contributed by atoms with Crippen LogP contribution >= 0.6 is 15.6 Å². The predicted octanol–water partition coefficient (Wildman–Crippen LogP) is 15.9. The maximum absolute atomic E-state index is 15.9. The van der Waals surface area contributed by atoms with E-state index in [0.717, 1.165) is 199 Å². The molecule has 0 spiro atoms. The molecule has 6 aromatic carbocycles. The van der Waals surface area contributed by atoms with Gasteiger partial charge in [-0.2, -0.15) is 9.13 Å². The Bertz CT molecular complexity index is 2920. The molecule has 0 bridgehead atoms. The van der Waals surface area contributed by atoms with Gasteiger partial charge < -0.3 is 27.1 Å². The third-order valence-electron chi connectivity index (χ3n) is 17.0. The van der Waals surface area contributed by atoms with E-state index in [9.17, 15) is 0 Å². The van der Waals surface area contributed by atoms with Gasteiger partial charge in [0.1, 0.15) is 34.5 Å². The van der Waals surface area contributed by atoms with Gasteiger partial charge in [0.25, 0.3) is 0 Å². The molecule has 8 aliphatic rings. The fourth-order valence-electron chi connectivity index (χ4n) is 13.8. The molecule has 14 rings (SSSR count). The first-order chi connectivity index (χ1) is 34.4. The summed E-state index contributed by atoms with van der Waals surface area (Å²) in [6, 6.07) is 24.7. The van der Waals surface area contributed by atoms with Gasteiger partial charge in [0.15, 0.2) is 0 Å². The summed E-state index contributed by atoms with van der Waals surface area (Å²) in [7, 11) is -8.87. The van der Waals surface area contributed by atoms with Crippen LogP contribution < -0.4 is 27.1 Å². The highest BCUT2D eigenvalue weighted by atomic mass is 31.2. The summed E-state index contributed by atoms with van der Waals surface area (Å²) in [5.74, 6) is 2.97. The summed E-state index contributed by atoms with van der Waals surface area (Å²) in [5.41, 5.74) is 20.7. The monoisotopic (exact) mass is 970 g/mol. The molecule has 0 unspecified atom stereocenters. The lowest BCUT2D eigenvalue weighted by Crippen LogP contribution is -2.14. The zero-order valence-electron chi connectivity index (χ0n) is 40.1. The summed E-state index contributed by atoms with van der Waals surface area (Å²) in [6.45, 7) is 0. The number of phosphoric acid groups is 2. The van der Waals surface area contributed by atoms with Crippen LogP contribution in [0.5, 0.6) is 34.5 Å². The highest BCUT2D eigenvalue weighted by Crippen LogP contribution is 2.64. The summed E-state index contributed by atoms with van der Waals surface area (Å²) in [5, 5.41) is 0. The Morgan fingerprint density at radius 2 is 0.486 bits per heavy atom. The Morgan fingerprint density at radius 1 is 0.271 bits per heavy atom. The Hall–Kier alpha value is -5.42. The van der Waals surface area contributed by atoms with E-state index in [1.54, 1.807) is 0 Å². The lowest BCUT2D eigenvalue weighted by molar-refractivity contribution is 0.299. The standard InChI is InChI=1S/C60H60O8P2/c61-69(63-49-31-25-37-13-1-7-19-43(37)55(49)56-44-20-8-2-14-38(44)26-32-50(56)64-69)67-53-35-29-41-17-5-11-23-47(41)59(53)60-48-24-12-6-18-42(48)30-36-54(60)68-70(62)65-51-33-27-39-15-3-9-21-45(39)57(51)58-46-22-10-4-16-40(46)28-34-52(58)66-70/h25-36H,1-24H2. The van der Waals surface area contributed by atoms with Crippen LogP contribution in [0.25, 0.3) is 33.4 Å². The summed E-state index contributed by atoms with van der Waals surface area (Å²) >= 11 is 0. The van der Waals surface area contributed by atoms with Crippen molar-refractivity contribution >= 4 is 15.6 Å². The molecule has 358 valence electrons. The number of benzene rings is 6. The minimum absolute atomic E-state index is 0.392. The molecule has 0 saturated heterocycles. The van der Waals surface area contributed by atoms with Crippen LogP contribution in [0.2, 0.25) is 0 Å². The largest absolute Gasteiger partial charge is 0.647 e. The summed E-state index contributed by atoms with van der Waals surface area (Å²) in [4.78, 5) is 0. The van der Waals surface area contributed by atoms with E-state index in [1.165, 1.54) is 55.6 Å². The van der Waals surface area contributed by atoms with E-state index in [4.69, 9.17) is 27.1 Å². The van der Waals surface area contributed by atoms with Gasteiger partial charge in [-0.05, 0) is 257 Å². The first kappa shape index (κ1) is 43.4. The van der Waals surface area contributed by atoms with Gasteiger partial charge in [0.05, 0.1) is 0 Å². The van der Waals surface area contributed by atoms with Crippen molar-refractivity contribution in [1.29, 1.82) is 0 Å². The molecule has 0 fully saturated rings. The van der Waals surface area contributed by atoms with Gasteiger partial charge >= 0.3 is 15.6 Å². The third kappa shape index (κ3) is 7.28. The molecule has 0 N–H and O–H groups in total. The number of fused-ring (bicyclic) bond motifs is 16. The molecule has 0 aromatic heterocycles. The van der Waals surface area contributed by atoms with Gasteiger partial charge in [-0.1, -0.05) is 36.4 Å². The number of hydrogen-bond acceptors (Lipinski definition) is 8. The van der Waals surface area contributed by atoms with E-state index < -0.39 is 15.6 Å². The smallest absolute Gasteiger partial charge is 0.385 e. The second kappa shape index (κ2) is 17.1. The average Bonchev–Trinajstić information content (AvgIpc) is 3.61. The maximum atomic E-state index is 15.9. The molecule has 0 radical (unpaired) electrons. The molecule has 6 aliphatic carbocycles. The lowest BCUT2D eigenvalue weighted by Gasteiger charge is -2.29. The molecule has 0 amide bonds. The zero-order chi connectivity index (χ0) is 46.6. The van der Waals surface area contributed by atoms with Gasteiger partial charge in [0.2, 0.25) is 0 Å². The molecule has 2 aliphatic heterocycles. The van der Waals surface area contributed by atoms with E-state index in [1.807, 2.05) is 36.4 Å². The third-order valence-corrected chi connectivity index (χ3v) is 19.5. The van der Waals surface area contributed by atoms with Crippen molar-refractivity contribution in [3.05, 3.63) is 140 Å². The van der Waals surface area contributed by atoms with Crippen LogP contribution in [0, 0.1) is 0 Å². The van der Waals surface area contributed by atoms with Crippen molar-refractivity contribution in [1.82, 2.24) is 0 Å². The number of aryl methyl sites for hydroxylation is 6. The van der Waals surface area contributed by atoms with Crippen molar-refractivity contribution in [2.24, 2.45) is 0 Å². The van der Waals surface area contributed by atoms with Crippen LogP contribution in [-0.4, -0.2) is 0 Å². The fourth-order valence-corrected chi connectivity index (χ4v) is 16.4. The van der Waals surface area contributed by atoms with Gasteiger partial charge in [-0.3, -0.25) is 0 Å². The Morgan fingerprint density at radius 3 is 0.743 bits per heavy atom. The number of phosphoric ester groups is 2. The maximum Gasteiger partial charge on any atom is 0.647 e. The molecular weight excluding hydrogens is 911 g/mol. The highest BCUT2D eigenvalue weighted by molar-refractivity contribution is 7.50. The summed E-state index contributed by atoms with van der Waals surface area (Å²) < 4.78 is 72.7. The van der Waals surface area contributed by atoms with Crippen molar-refractivity contribution < 1.29 is 36.3 Å². The van der Waals surface area contributed by atoms with E-state index in [-0.39, 0.29) is 0 Å². The first-order valence-electron chi connectivity index (χ1n) is 26.6. The Kier molecular flexibility index (Phi) is 10.6. The molecule has 0 saturated carbocycles. The predicted molar refractivity (Wildman–Crippen MR) is 274 cm³/mol. The molecule has 0 atom stereocenters. The van der Waals surface area contributed by atoms with Crippen molar-refractivity contribution in [2.45, 2.75) is 154 Å². The van der Waals surface area contributed by atoms with E-state index in [2.05, 4.69) is 36.4 Å². The van der Waals surface area contributed by atoms with Gasteiger partial charge in [-0.25, -0.2) is 0 Å². The van der Waals surface area contributed by atoms with E-state index >= 15 is 9.13 Å².